The van der Waals surface area contributed by atoms with Crippen LogP contribution >= 0.6 is 11.6 Å². The van der Waals surface area contributed by atoms with Crippen molar-refractivity contribution in [2.75, 3.05) is 7.11 Å². The molecular formula is C14H17BClNO5. The Kier molecular flexibility index (Phi) is 4.42. The molecule has 8 heteroatoms. The fraction of sp³-hybridized carbons (Fsp3) is 0.357. The molecule has 0 unspecified atom stereocenters. The van der Waals surface area contributed by atoms with Crippen molar-refractivity contribution in [3.8, 4) is 5.75 Å². The minimum atomic E-state index is -1.86. The highest BCUT2D eigenvalue weighted by Crippen LogP contribution is 2.32. The first-order valence-corrected chi connectivity index (χ1v) is 7.01. The lowest BCUT2D eigenvalue weighted by molar-refractivity contribution is 0.0547. The van der Waals surface area contributed by atoms with Crippen molar-refractivity contribution in [2.24, 2.45) is 0 Å². The van der Waals surface area contributed by atoms with Gasteiger partial charge in [-0.2, -0.15) is 0 Å². The molecule has 0 amide bonds. The summed E-state index contributed by atoms with van der Waals surface area (Å²) in [5, 5.41) is 19.9. The molecule has 0 aliphatic carbocycles. The third kappa shape index (κ3) is 3.06. The van der Waals surface area contributed by atoms with Crippen LogP contribution in [0.25, 0.3) is 10.9 Å². The topological polar surface area (TPSA) is 80.9 Å². The molecule has 0 saturated heterocycles. The average molecular weight is 326 g/mol. The van der Waals surface area contributed by atoms with Crippen LogP contribution in [0, 0.1) is 0 Å². The lowest BCUT2D eigenvalue weighted by Gasteiger charge is -2.21. The lowest BCUT2D eigenvalue weighted by Crippen LogP contribution is -2.41. The van der Waals surface area contributed by atoms with E-state index < -0.39 is 18.8 Å². The van der Waals surface area contributed by atoms with Crippen molar-refractivity contribution >= 4 is 41.3 Å². The average Bonchev–Trinajstić information content (AvgIpc) is 2.78. The second kappa shape index (κ2) is 5.83. The molecule has 2 rings (SSSR count). The Hall–Kier alpha value is -1.70. The number of fused-ring (bicyclic) bond motifs is 1. The Morgan fingerprint density at radius 1 is 1.32 bits per heavy atom. The number of hydrogen-bond acceptors (Lipinski definition) is 5. The van der Waals surface area contributed by atoms with Gasteiger partial charge in [0.2, 0.25) is 0 Å². The smallest absolute Gasteiger partial charge is 0.495 e. The minimum absolute atomic E-state index is 0.0457. The Morgan fingerprint density at radius 2 is 1.95 bits per heavy atom. The van der Waals surface area contributed by atoms with E-state index in [-0.39, 0.29) is 5.59 Å². The zero-order chi connectivity index (χ0) is 16.7. The third-order valence-electron chi connectivity index (χ3n) is 2.96. The van der Waals surface area contributed by atoms with E-state index in [1.54, 1.807) is 32.9 Å². The SMILES string of the molecule is COc1ccc(Cl)c2cc(B(O)O)n(C(=O)OC(C)(C)C)c12. The van der Waals surface area contributed by atoms with Crippen LogP contribution in [0.1, 0.15) is 20.8 Å². The van der Waals surface area contributed by atoms with Crippen LogP contribution in [0.5, 0.6) is 5.75 Å². The highest BCUT2D eigenvalue weighted by molar-refractivity contribution is 6.59. The van der Waals surface area contributed by atoms with Crippen LogP contribution in [-0.2, 0) is 4.74 Å². The van der Waals surface area contributed by atoms with Gasteiger partial charge in [0.15, 0.2) is 0 Å². The normalized spacial score (nSPS) is 11.6. The summed E-state index contributed by atoms with van der Waals surface area (Å²) in [6.45, 7) is 5.15. The number of halogens is 1. The summed E-state index contributed by atoms with van der Waals surface area (Å²) in [5.74, 6) is 0.372. The number of carbonyl (C=O) groups excluding carboxylic acids is 1. The van der Waals surface area contributed by atoms with Gasteiger partial charge in [-0.15, -0.1) is 0 Å². The van der Waals surface area contributed by atoms with Gasteiger partial charge in [0, 0.05) is 5.39 Å². The summed E-state index contributed by atoms with van der Waals surface area (Å²) < 4.78 is 11.6. The molecule has 0 fully saturated rings. The van der Waals surface area contributed by atoms with E-state index in [9.17, 15) is 14.8 Å². The number of ether oxygens (including phenoxy) is 2. The van der Waals surface area contributed by atoms with Gasteiger partial charge in [0.05, 0.1) is 17.7 Å². The van der Waals surface area contributed by atoms with E-state index >= 15 is 0 Å². The van der Waals surface area contributed by atoms with Gasteiger partial charge >= 0.3 is 13.2 Å². The maximum absolute atomic E-state index is 12.5. The molecule has 0 atom stereocenters. The van der Waals surface area contributed by atoms with Gasteiger partial charge in [-0.05, 0) is 39.0 Å². The molecule has 0 saturated carbocycles. The largest absolute Gasteiger partial charge is 0.506 e. The Morgan fingerprint density at radius 3 is 2.45 bits per heavy atom. The van der Waals surface area contributed by atoms with Gasteiger partial charge in [-0.3, -0.25) is 0 Å². The quantitative estimate of drug-likeness (QED) is 0.823. The first-order chi connectivity index (χ1) is 10.2. The molecule has 6 nitrogen and oxygen atoms in total. The Balaban J connectivity index is 2.76. The summed E-state index contributed by atoms with van der Waals surface area (Å²) in [6.07, 6.45) is -0.744. The van der Waals surface area contributed by atoms with E-state index in [0.717, 1.165) is 4.57 Å². The van der Waals surface area contributed by atoms with Crippen LogP contribution < -0.4 is 10.3 Å². The predicted octanol–water partition coefficient (Wildman–Crippen LogP) is 1.77. The molecule has 1 aromatic heterocycles. The maximum atomic E-state index is 12.5. The van der Waals surface area contributed by atoms with Crippen LogP contribution in [0.4, 0.5) is 4.79 Å². The van der Waals surface area contributed by atoms with Crippen molar-refractivity contribution in [1.29, 1.82) is 0 Å². The van der Waals surface area contributed by atoms with E-state index in [1.807, 2.05) is 0 Å². The highest BCUT2D eigenvalue weighted by Gasteiger charge is 2.29. The summed E-state index contributed by atoms with van der Waals surface area (Å²) in [4.78, 5) is 12.5. The summed E-state index contributed by atoms with van der Waals surface area (Å²) in [7, 11) is -0.412. The molecule has 0 spiro atoms. The van der Waals surface area contributed by atoms with Gasteiger partial charge in [0.25, 0.3) is 0 Å². The molecule has 1 aromatic carbocycles. The lowest BCUT2D eigenvalue weighted by atomic mass is 9.86. The second-order valence-electron chi connectivity index (χ2n) is 5.77. The molecular weight excluding hydrogens is 308 g/mol. The summed E-state index contributed by atoms with van der Waals surface area (Å²) in [5.41, 5.74) is -0.458. The number of aromatic nitrogens is 1. The zero-order valence-corrected chi connectivity index (χ0v) is 13.5. The molecule has 0 aliphatic rings. The van der Waals surface area contributed by atoms with E-state index in [0.29, 0.717) is 21.7 Å². The van der Waals surface area contributed by atoms with E-state index in [2.05, 4.69) is 0 Å². The number of carbonyl (C=O) groups is 1. The van der Waals surface area contributed by atoms with Gasteiger partial charge < -0.3 is 19.5 Å². The van der Waals surface area contributed by atoms with Crippen molar-refractivity contribution in [3.05, 3.63) is 23.2 Å². The van der Waals surface area contributed by atoms with E-state index in [1.165, 1.54) is 13.2 Å². The van der Waals surface area contributed by atoms with Crippen molar-refractivity contribution in [1.82, 2.24) is 4.57 Å². The molecule has 2 N–H and O–H groups in total. The summed E-state index contributed by atoms with van der Waals surface area (Å²) >= 11 is 6.13. The Bertz CT molecular complexity index is 720. The molecule has 0 aliphatic heterocycles. The van der Waals surface area contributed by atoms with Crippen molar-refractivity contribution in [3.63, 3.8) is 0 Å². The number of rotatable bonds is 2. The first-order valence-electron chi connectivity index (χ1n) is 6.63. The standard InChI is InChI=1S/C14H17BClNO5/c1-14(2,3)22-13(18)17-11(15(19)20)7-8-9(16)5-6-10(21-4)12(8)17/h5-7,19-20H,1-4H3. The van der Waals surface area contributed by atoms with Gasteiger partial charge in [0.1, 0.15) is 16.9 Å². The molecule has 118 valence electrons. The van der Waals surface area contributed by atoms with E-state index in [4.69, 9.17) is 21.1 Å². The van der Waals surface area contributed by atoms with Crippen molar-refractivity contribution < 1.29 is 24.3 Å². The Labute approximate surface area is 133 Å². The molecule has 0 bridgehead atoms. The maximum Gasteiger partial charge on any atom is 0.506 e. The molecule has 2 aromatic rings. The third-order valence-corrected chi connectivity index (χ3v) is 3.29. The number of nitrogens with zero attached hydrogens (tertiary/aromatic N) is 1. The fourth-order valence-electron chi connectivity index (χ4n) is 2.13. The monoisotopic (exact) mass is 325 g/mol. The first kappa shape index (κ1) is 16.7. The molecule has 1 heterocycles. The summed E-state index contributed by atoms with van der Waals surface area (Å²) in [6, 6.07) is 4.63. The second-order valence-corrected chi connectivity index (χ2v) is 6.18. The van der Waals surface area contributed by atoms with Crippen LogP contribution in [0.2, 0.25) is 5.02 Å². The highest BCUT2D eigenvalue weighted by atomic mass is 35.5. The zero-order valence-electron chi connectivity index (χ0n) is 12.8. The van der Waals surface area contributed by atoms with Crippen LogP contribution in [0.15, 0.2) is 18.2 Å². The fourth-order valence-corrected chi connectivity index (χ4v) is 2.34. The predicted molar refractivity (Wildman–Crippen MR) is 85.0 cm³/mol. The van der Waals surface area contributed by atoms with Crippen molar-refractivity contribution in [2.45, 2.75) is 26.4 Å². The van der Waals surface area contributed by atoms with Gasteiger partial charge in [-0.1, -0.05) is 11.6 Å². The molecule has 22 heavy (non-hydrogen) atoms. The number of methoxy groups -OCH3 is 1. The number of hydrogen-bond donors (Lipinski definition) is 2. The van der Waals surface area contributed by atoms with Gasteiger partial charge in [-0.25, -0.2) is 9.36 Å². The minimum Gasteiger partial charge on any atom is -0.495 e. The molecule has 0 radical (unpaired) electrons. The van der Waals surface area contributed by atoms with Crippen LogP contribution in [-0.4, -0.2) is 40.5 Å². The van der Waals surface area contributed by atoms with Crippen LogP contribution in [0.3, 0.4) is 0 Å². The number of benzene rings is 1.